The molecule has 0 atom stereocenters. The van der Waals surface area contributed by atoms with E-state index in [9.17, 15) is 4.79 Å². The lowest BCUT2D eigenvalue weighted by molar-refractivity contribution is 0.0643. The number of amides is 1. The molecule has 0 aromatic heterocycles. The van der Waals surface area contributed by atoms with Crippen molar-refractivity contribution >= 4 is 5.91 Å². The second kappa shape index (κ2) is 9.60. The van der Waals surface area contributed by atoms with Gasteiger partial charge in [0.2, 0.25) is 0 Å². The van der Waals surface area contributed by atoms with Crippen LogP contribution in [0.15, 0.2) is 42.5 Å². The summed E-state index contributed by atoms with van der Waals surface area (Å²) in [4.78, 5) is 17.3. The number of nitrogens with zero attached hydrogens (tertiary/aromatic N) is 2. The number of hydrogen-bond donors (Lipinski definition) is 0. The third-order valence-electron chi connectivity index (χ3n) is 5.10. The standard InChI is InChI=1S/C23H30N2O3/c1-4-24-11-13-25(14-12-24)23(26)19-9-10-22(27-5-2)20(16-19)17-28-21-8-6-7-18(3)15-21/h6-10,15-16H,4-5,11-14,17H2,1-3H3. The Hall–Kier alpha value is -2.53. The molecular formula is C23H30N2O3. The van der Waals surface area contributed by atoms with Crippen LogP contribution in [0, 0.1) is 6.92 Å². The fourth-order valence-electron chi connectivity index (χ4n) is 3.44. The molecule has 1 aliphatic heterocycles. The van der Waals surface area contributed by atoms with Gasteiger partial charge in [-0.05, 0) is 56.3 Å². The summed E-state index contributed by atoms with van der Waals surface area (Å²) in [6, 6.07) is 13.6. The van der Waals surface area contributed by atoms with Gasteiger partial charge >= 0.3 is 0 Å². The number of hydrogen-bond acceptors (Lipinski definition) is 4. The molecule has 1 saturated heterocycles. The fourth-order valence-corrected chi connectivity index (χ4v) is 3.44. The molecule has 1 heterocycles. The minimum Gasteiger partial charge on any atom is -0.493 e. The average Bonchev–Trinajstić information content (AvgIpc) is 2.73. The van der Waals surface area contributed by atoms with Crippen molar-refractivity contribution in [2.75, 3.05) is 39.3 Å². The molecule has 0 unspecified atom stereocenters. The molecule has 0 saturated carbocycles. The highest BCUT2D eigenvalue weighted by Gasteiger charge is 2.22. The summed E-state index contributed by atoms with van der Waals surface area (Å²) >= 11 is 0. The average molecular weight is 383 g/mol. The first-order valence-electron chi connectivity index (χ1n) is 10.1. The van der Waals surface area contributed by atoms with Gasteiger partial charge in [-0.15, -0.1) is 0 Å². The van der Waals surface area contributed by atoms with Crippen LogP contribution >= 0.6 is 0 Å². The van der Waals surface area contributed by atoms with E-state index in [0.29, 0.717) is 18.8 Å². The molecule has 5 nitrogen and oxygen atoms in total. The summed E-state index contributed by atoms with van der Waals surface area (Å²) in [6.45, 7) is 11.5. The van der Waals surface area contributed by atoms with Crippen LogP contribution in [0.5, 0.6) is 11.5 Å². The van der Waals surface area contributed by atoms with Gasteiger partial charge in [-0.1, -0.05) is 19.1 Å². The third kappa shape index (κ3) is 5.04. The molecule has 5 heteroatoms. The first-order chi connectivity index (χ1) is 13.6. The zero-order valence-corrected chi connectivity index (χ0v) is 17.1. The topological polar surface area (TPSA) is 42.0 Å². The van der Waals surface area contributed by atoms with Gasteiger partial charge in [-0.2, -0.15) is 0 Å². The van der Waals surface area contributed by atoms with Gasteiger partial charge in [0.1, 0.15) is 18.1 Å². The molecule has 0 N–H and O–H groups in total. The molecule has 2 aromatic rings. The number of piperazine rings is 1. The molecule has 0 spiro atoms. The van der Waals surface area contributed by atoms with Gasteiger partial charge in [-0.25, -0.2) is 0 Å². The highest BCUT2D eigenvalue weighted by Crippen LogP contribution is 2.24. The smallest absolute Gasteiger partial charge is 0.253 e. The van der Waals surface area contributed by atoms with E-state index < -0.39 is 0 Å². The Kier molecular flexibility index (Phi) is 6.93. The van der Waals surface area contributed by atoms with Crippen LogP contribution in [0.1, 0.15) is 35.3 Å². The Bertz CT molecular complexity index is 798. The normalized spacial score (nSPS) is 14.8. The molecule has 1 amide bonds. The molecule has 1 aliphatic rings. The predicted molar refractivity (Wildman–Crippen MR) is 111 cm³/mol. The van der Waals surface area contributed by atoms with Crippen molar-refractivity contribution in [3.8, 4) is 11.5 Å². The van der Waals surface area contributed by atoms with Crippen molar-refractivity contribution < 1.29 is 14.3 Å². The number of carbonyl (C=O) groups is 1. The zero-order chi connectivity index (χ0) is 19.9. The maximum atomic E-state index is 13.0. The minimum atomic E-state index is 0.0793. The van der Waals surface area contributed by atoms with Gasteiger partial charge in [0.25, 0.3) is 5.91 Å². The van der Waals surface area contributed by atoms with Gasteiger partial charge in [0.05, 0.1) is 6.61 Å². The molecule has 0 aliphatic carbocycles. The third-order valence-corrected chi connectivity index (χ3v) is 5.10. The van der Waals surface area contributed by atoms with E-state index >= 15 is 0 Å². The van der Waals surface area contributed by atoms with Crippen LogP contribution in [-0.4, -0.2) is 55.0 Å². The fraction of sp³-hybridized carbons (Fsp3) is 0.435. The first-order valence-corrected chi connectivity index (χ1v) is 10.1. The molecule has 0 bridgehead atoms. The summed E-state index contributed by atoms with van der Waals surface area (Å²) in [5.74, 6) is 1.66. The number of rotatable bonds is 7. The number of benzene rings is 2. The van der Waals surface area contributed by atoms with E-state index in [-0.39, 0.29) is 5.91 Å². The van der Waals surface area contributed by atoms with E-state index in [0.717, 1.165) is 55.3 Å². The largest absolute Gasteiger partial charge is 0.493 e. The van der Waals surface area contributed by atoms with E-state index in [4.69, 9.17) is 9.47 Å². The minimum absolute atomic E-state index is 0.0793. The van der Waals surface area contributed by atoms with Crippen LogP contribution in [-0.2, 0) is 6.61 Å². The number of likely N-dealkylation sites (N-methyl/N-ethyl adjacent to an activating group) is 1. The van der Waals surface area contributed by atoms with Gasteiger partial charge < -0.3 is 19.3 Å². The lowest BCUT2D eigenvalue weighted by Crippen LogP contribution is -2.48. The molecule has 2 aromatic carbocycles. The second-order valence-corrected chi connectivity index (χ2v) is 7.09. The summed E-state index contributed by atoms with van der Waals surface area (Å²) in [5.41, 5.74) is 2.73. The highest BCUT2D eigenvalue weighted by atomic mass is 16.5. The van der Waals surface area contributed by atoms with E-state index in [2.05, 4.69) is 11.8 Å². The predicted octanol–water partition coefficient (Wildman–Crippen LogP) is 3.75. The molecule has 0 radical (unpaired) electrons. The Labute approximate surface area is 167 Å². The van der Waals surface area contributed by atoms with E-state index in [1.807, 2.05) is 61.2 Å². The van der Waals surface area contributed by atoms with Gasteiger partial charge in [0.15, 0.2) is 0 Å². The van der Waals surface area contributed by atoms with Crippen molar-refractivity contribution in [3.63, 3.8) is 0 Å². The maximum Gasteiger partial charge on any atom is 0.253 e. The van der Waals surface area contributed by atoms with Crippen molar-refractivity contribution in [2.45, 2.75) is 27.4 Å². The number of aryl methyl sites for hydroxylation is 1. The van der Waals surface area contributed by atoms with Crippen molar-refractivity contribution in [2.24, 2.45) is 0 Å². The maximum absolute atomic E-state index is 13.0. The number of ether oxygens (including phenoxy) is 2. The van der Waals surface area contributed by atoms with E-state index in [1.165, 1.54) is 0 Å². The lowest BCUT2D eigenvalue weighted by Gasteiger charge is -2.34. The Morgan fingerprint density at radius 2 is 1.79 bits per heavy atom. The Morgan fingerprint density at radius 3 is 2.46 bits per heavy atom. The van der Waals surface area contributed by atoms with Crippen molar-refractivity contribution in [1.82, 2.24) is 9.80 Å². The summed E-state index contributed by atoms with van der Waals surface area (Å²) in [5, 5.41) is 0. The second-order valence-electron chi connectivity index (χ2n) is 7.09. The highest BCUT2D eigenvalue weighted by molar-refractivity contribution is 5.94. The van der Waals surface area contributed by atoms with Crippen LogP contribution in [0.25, 0.3) is 0 Å². The molecular weight excluding hydrogens is 352 g/mol. The quantitative estimate of drug-likeness (QED) is 0.731. The molecule has 28 heavy (non-hydrogen) atoms. The van der Waals surface area contributed by atoms with E-state index in [1.54, 1.807) is 0 Å². The Balaban J connectivity index is 1.74. The van der Waals surface area contributed by atoms with Crippen molar-refractivity contribution in [3.05, 3.63) is 59.2 Å². The Morgan fingerprint density at radius 1 is 1.00 bits per heavy atom. The first kappa shape index (κ1) is 20.2. The monoisotopic (exact) mass is 382 g/mol. The van der Waals surface area contributed by atoms with Crippen LogP contribution in [0.3, 0.4) is 0 Å². The van der Waals surface area contributed by atoms with Crippen LogP contribution in [0.4, 0.5) is 0 Å². The summed E-state index contributed by atoms with van der Waals surface area (Å²) in [7, 11) is 0. The molecule has 1 fully saturated rings. The van der Waals surface area contributed by atoms with Gasteiger partial charge in [-0.3, -0.25) is 4.79 Å². The zero-order valence-electron chi connectivity index (χ0n) is 17.1. The summed E-state index contributed by atoms with van der Waals surface area (Å²) in [6.07, 6.45) is 0. The lowest BCUT2D eigenvalue weighted by atomic mass is 10.1. The molecule has 150 valence electrons. The van der Waals surface area contributed by atoms with Crippen molar-refractivity contribution in [1.29, 1.82) is 0 Å². The van der Waals surface area contributed by atoms with Crippen LogP contribution in [0.2, 0.25) is 0 Å². The molecule has 3 rings (SSSR count). The van der Waals surface area contributed by atoms with Crippen LogP contribution < -0.4 is 9.47 Å². The van der Waals surface area contributed by atoms with Gasteiger partial charge in [0, 0.05) is 37.3 Å². The summed E-state index contributed by atoms with van der Waals surface area (Å²) < 4.78 is 11.7. The SMILES string of the molecule is CCOc1ccc(C(=O)N2CCN(CC)CC2)cc1COc1cccc(C)c1. The number of carbonyl (C=O) groups excluding carboxylic acids is 1.